The van der Waals surface area contributed by atoms with Gasteiger partial charge in [-0.25, -0.2) is 4.79 Å². The van der Waals surface area contributed by atoms with Crippen molar-refractivity contribution in [2.75, 3.05) is 19.6 Å². The maximum absolute atomic E-state index is 13.1. The quantitative estimate of drug-likeness (QED) is 0.708. The van der Waals surface area contributed by atoms with Crippen molar-refractivity contribution in [3.05, 3.63) is 35.4 Å². The lowest BCUT2D eigenvalue weighted by Crippen LogP contribution is -2.56. The van der Waals surface area contributed by atoms with Crippen LogP contribution in [0, 0.1) is 0 Å². The molecule has 1 aliphatic carbocycles. The second-order valence-corrected chi connectivity index (χ2v) is 9.86. The van der Waals surface area contributed by atoms with Crippen molar-refractivity contribution in [3.8, 4) is 0 Å². The first kappa shape index (κ1) is 21.4. The summed E-state index contributed by atoms with van der Waals surface area (Å²) in [7, 11) is 0. The second-order valence-electron chi connectivity index (χ2n) is 9.86. The summed E-state index contributed by atoms with van der Waals surface area (Å²) < 4.78 is 0. The summed E-state index contributed by atoms with van der Waals surface area (Å²) in [5.74, 6) is 0.935. The Morgan fingerprint density at radius 3 is 2.38 bits per heavy atom. The van der Waals surface area contributed by atoms with Crippen molar-refractivity contribution >= 4 is 17.8 Å². The van der Waals surface area contributed by atoms with Gasteiger partial charge in [-0.3, -0.25) is 20.0 Å². The lowest BCUT2D eigenvalue weighted by atomic mass is 9.84. The third kappa shape index (κ3) is 4.40. The molecule has 5 heterocycles. The number of urea groups is 1. The first-order valence-electron chi connectivity index (χ1n) is 12.4. The zero-order valence-corrected chi connectivity index (χ0v) is 18.9. The number of rotatable bonds is 1. The molecule has 5 aliphatic heterocycles. The highest BCUT2D eigenvalue weighted by Gasteiger charge is 2.52. The van der Waals surface area contributed by atoms with Crippen molar-refractivity contribution in [1.29, 1.82) is 0 Å². The fourth-order valence-corrected chi connectivity index (χ4v) is 5.76. The van der Waals surface area contributed by atoms with Crippen molar-refractivity contribution in [2.45, 2.75) is 82.5 Å². The van der Waals surface area contributed by atoms with Gasteiger partial charge in [0.05, 0.1) is 6.04 Å². The summed E-state index contributed by atoms with van der Waals surface area (Å²) in [6.45, 7) is 3.94. The lowest BCUT2D eigenvalue weighted by molar-refractivity contribution is -0.121. The van der Waals surface area contributed by atoms with E-state index in [4.69, 9.17) is 4.99 Å². The first-order chi connectivity index (χ1) is 15.6. The minimum absolute atomic E-state index is 0.0376. The van der Waals surface area contributed by atoms with Crippen LogP contribution in [0.15, 0.2) is 29.3 Å². The summed E-state index contributed by atoms with van der Waals surface area (Å²) in [5, 5.41) is 6.17. The number of carbonyl (C=O) groups is 2. The number of nitrogens with zero attached hydrogens (tertiary/aromatic N) is 3. The van der Waals surface area contributed by atoms with Gasteiger partial charge >= 0.3 is 6.03 Å². The van der Waals surface area contributed by atoms with Crippen LogP contribution in [0.4, 0.5) is 4.79 Å². The molecule has 3 fully saturated rings. The number of piperidine rings is 1. The summed E-state index contributed by atoms with van der Waals surface area (Å²) in [6.07, 6.45) is 8.88. The molecule has 4 bridgehead atoms. The van der Waals surface area contributed by atoms with Crippen LogP contribution in [0.1, 0.15) is 68.9 Å². The topological polar surface area (TPSA) is 77.0 Å². The van der Waals surface area contributed by atoms with Crippen molar-refractivity contribution in [1.82, 2.24) is 20.4 Å². The van der Waals surface area contributed by atoms with E-state index in [0.29, 0.717) is 32.0 Å². The SMILES string of the molecule is O=C1CCCN2C(=O)NC(=NC3CCCCC3)C23CCN(CC3)Cc2ccc(cc2)CN1. The molecule has 0 unspecified atom stereocenters. The van der Waals surface area contributed by atoms with Crippen LogP contribution < -0.4 is 10.6 Å². The number of carbonyl (C=O) groups excluding carboxylic acids is 2. The van der Waals surface area contributed by atoms with E-state index in [-0.39, 0.29) is 17.5 Å². The Balaban J connectivity index is 1.41. The molecule has 1 aromatic carbocycles. The fourth-order valence-electron chi connectivity index (χ4n) is 5.76. The van der Waals surface area contributed by atoms with Gasteiger partial charge in [0.2, 0.25) is 5.91 Å². The van der Waals surface area contributed by atoms with Gasteiger partial charge in [-0.15, -0.1) is 0 Å². The number of amides is 3. The Hall–Kier alpha value is -2.41. The van der Waals surface area contributed by atoms with E-state index in [0.717, 1.165) is 56.7 Å². The Bertz CT molecular complexity index is 867. The van der Waals surface area contributed by atoms with Gasteiger partial charge in [-0.2, -0.15) is 0 Å². The number of benzene rings is 1. The Morgan fingerprint density at radius 1 is 0.906 bits per heavy atom. The van der Waals surface area contributed by atoms with Gasteiger partial charge in [0, 0.05) is 39.1 Å². The van der Waals surface area contributed by atoms with Crippen LogP contribution >= 0.6 is 0 Å². The third-order valence-electron chi connectivity index (χ3n) is 7.70. The standard InChI is InChI=1S/C25H35N5O2/c31-22-7-4-14-30-24(32)28-23(27-21-5-2-1-3-6-21)25(30)12-15-29(16-13-25)18-20-10-8-19(9-11-20)17-26-22/h8-11,21H,1-7,12-18H2,(H,26,31)(H,27,28,32). The van der Waals surface area contributed by atoms with Gasteiger partial charge in [0.1, 0.15) is 11.4 Å². The van der Waals surface area contributed by atoms with Crippen molar-refractivity contribution in [3.63, 3.8) is 0 Å². The molecule has 2 saturated heterocycles. The summed E-state index contributed by atoms with van der Waals surface area (Å²) >= 11 is 0. The maximum Gasteiger partial charge on any atom is 0.323 e. The smallest absolute Gasteiger partial charge is 0.323 e. The highest BCUT2D eigenvalue weighted by Crippen LogP contribution is 2.36. The fraction of sp³-hybridized carbons (Fsp3) is 0.640. The second kappa shape index (κ2) is 9.22. The van der Waals surface area contributed by atoms with E-state index in [2.05, 4.69) is 39.8 Å². The molecule has 7 heteroatoms. The normalized spacial score (nSPS) is 30.9. The molecule has 1 spiro atoms. The Morgan fingerprint density at radius 2 is 1.62 bits per heavy atom. The highest BCUT2D eigenvalue weighted by atomic mass is 16.2. The van der Waals surface area contributed by atoms with Crippen LogP contribution in [0.3, 0.4) is 0 Å². The van der Waals surface area contributed by atoms with E-state index in [9.17, 15) is 9.59 Å². The van der Waals surface area contributed by atoms with Gasteiger partial charge < -0.3 is 10.2 Å². The Labute approximate surface area is 190 Å². The zero-order valence-electron chi connectivity index (χ0n) is 18.9. The molecule has 1 saturated carbocycles. The minimum atomic E-state index is -0.345. The van der Waals surface area contributed by atoms with E-state index in [1.165, 1.54) is 24.8 Å². The largest absolute Gasteiger partial charge is 0.352 e. The van der Waals surface area contributed by atoms with Gasteiger partial charge in [-0.05, 0) is 43.2 Å². The molecule has 0 aromatic heterocycles. The highest BCUT2D eigenvalue weighted by molar-refractivity contribution is 6.10. The van der Waals surface area contributed by atoms with Gasteiger partial charge in [0.25, 0.3) is 0 Å². The molecule has 172 valence electrons. The molecule has 6 aliphatic rings. The van der Waals surface area contributed by atoms with Crippen molar-refractivity contribution < 1.29 is 9.59 Å². The number of amidine groups is 1. The number of hydrogen-bond donors (Lipinski definition) is 2. The lowest BCUT2D eigenvalue weighted by Gasteiger charge is -2.44. The minimum Gasteiger partial charge on any atom is -0.352 e. The van der Waals surface area contributed by atoms with Gasteiger partial charge in [-0.1, -0.05) is 43.5 Å². The average molecular weight is 438 g/mol. The maximum atomic E-state index is 13.1. The number of aliphatic imine (C=N–C) groups is 1. The van der Waals surface area contributed by atoms with E-state index >= 15 is 0 Å². The molecule has 32 heavy (non-hydrogen) atoms. The molecule has 7 nitrogen and oxygen atoms in total. The molecule has 1 aromatic rings. The van der Waals surface area contributed by atoms with Crippen LogP contribution in [0.5, 0.6) is 0 Å². The van der Waals surface area contributed by atoms with Crippen LogP contribution in [0.25, 0.3) is 0 Å². The summed E-state index contributed by atoms with van der Waals surface area (Å²) in [5.41, 5.74) is 2.06. The first-order valence-corrected chi connectivity index (χ1v) is 12.4. The zero-order chi connectivity index (χ0) is 22.0. The molecule has 0 radical (unpaired) electrons. The predicted octanol–water partition coefficient (Wildman–Crippen LogP) is 3.19. The molecule has 7 rings (SSSR count). The van der Waals surface area contributed by atoms with Crippen molar-refractivity contribution in [2.24, 2.45) is 4.99 Å². The average Bonchev–Trinajstić information content (AvgIpc) is 3.05. The molecular formula is C25H35N5O2. The molecular weight excluding hydrogens is 402 g/mol. The monoisotopic (exact) mass is 437 g/mol. The summed E-state index contributed by atoms with van der Waals surface area (Å²) in [4.78, 5) is 35.1. The van der Waals surface area contributed by atoms with E-state index in [1.807, 2.05) is 4.90 Å². The molecule has 3 amide bonds. The number of nitrogens with one attached hydrogen (secondary N) is 2. The van der Waals surface area contributed by atoms with Crippen LogP contribution in [0.2, 0.25) is 0 Å². The Kier molecular flexibility index (Phi) is 6.17. The van der Waals surface area contributed by atoms with Crippen LogP contribution in [-0.2, 0) is 17.9 Å². The van der Waals surface area contributed by atoms with E-state index < -0.39 is 0 Å². The van der Waals surface area contributed by atoms with Crippen LogP contribution in [-0.4, -0.2) is 58.8 Å². The predicted molar refractivity (Wildman–Crippen MR) is 124 cm³/mol. The molecule has 0 atom stereocenters. The molecule has 2 N–H and O–H groups in total. The number of hydrogen-bond acceptors (Lipinski definition) is 4. The summed E-state index contributed by atoms with van der Waals surface area (Å²) in [6, 6.07) is 8.86. The van der Waals surface area contributed by atoms with Gasteiger partial charge in [0.15, 0.2) is 0 Å². The number of fused-ring (bicyclic) bond motifs is 2. The third-order valence-corrected chi connectivity index (χ3v) is 7.70. The van der Waals surface area contributed by atoms with E-state index in [1.54, 1.807) is 0 Å².